The first-order valence-corrected chi connectivity index (χ1v) is 33.2. The van der Waals surface area contributed by atoms with Gasteiger partial charge in [-0.1, -0.05) is 104 Å². The fourth-order valence-corrected chi connectivity index (χ4v) is 11.2. The molecular weight excluding hydrogens is 1180 g/mol. The van der Waals surface area contributed by atoms with Crippen LogP contribution in [-0.4, -0.2) is 193 Å². The second-order valence-electron chi connectivity index (χ2n) is 24.7. The molecule has 0 aliphatic carbocycles. The summed E-state index contributed by atoms with van der Waals surface area (Å²) in [6.07, 6.45) is 0.736. The summed E-state index contributed by atoms with van der Waals surface area (Å²) in [6, 6.07) is 8.27. The number of amides is 4. The van der Waals surface area contributed by atoms with Crippen LogP contribution < -0.4 is 0 Å². The van der Waals surface area contributed by atoms with Gasteiger partial charge in [0.15, 0.2) is 44.1 Å². The van der Waals surface area contributed by atoms with Gasteiger partial charge in [-0.15, -0.1) is 0 Å². The maximum atomic E-state index is 15.1. The van der Waals surface area contributed by atoms with Gasteiger partial charge in [-0.2, -0.15) is 10.2 Å². The van der Waals surface area contributed by atoms with Crippen LogP contribution >= 0.6 is 0 Å². The van der Waals surface area contributed by atoms with Crippen LogP contribution in [0.5, 0.6) is 0 Å². The van der Waals surface area contributed by atoms with E-state index in [1.54, 1.807) is 48.5 Å². The topological polar surface area (TPSA) is 290 Å². The minimum absolute atomic E-state index is 0.0228. The molecule has 4 aromatic rings. The summed E-state index contributed by atoms with van der Waals surface area (Å²) in [4.78, 5) is 122. The summed E-state index contributed by atoms with van der Waals surface area (Å²) in [5.41, 5.74) is 2.44. The van der Waals surface area contributed by atoms with Crippen molar-refractivity contribution in [3.05, 3.63) is 95.6 Å². The van der Waals surface area contributed by atoms with Crippen LogP contribution in [0.1, 0.15) is 117 Å². The van der Waals surface area contributed by atoms with Gasteiger partial charge in [0, 0.05) is 65.9 Å². The fraction of sp³-hybridized carbons (Fsp3) is 0.581. The van der Waals surface area contributed by atoms with Crippen LogP contribution in [0.3, 0.4) is 0 Å². The number of likely N-dealkylation sites (N-methyl/N-ethyl adjacent to an activating group) is 4. The van der Waals surface area contributed by atoms with Crippen LogP contribution in [-0.2, 0) is 103 Å². The van der Waals surface area contributed by atoms with Crippen molar-refractivity contribution in [3.8, 4) is 0 Å². The Balaban J connectivity index is 1.58. The number of carbonyl (C=O) groups excluding carboxylic acids is 8. The van der Waals surface area contributed by atoms with E-state index in [0.717, 1.165) is 32.1 Å². The third kappa shape index (κ3) is 19.8. The minimum Gasteiger partial charge on any atom is -0.451 e. The maximum absolute atomic E-state index is 15.1. The number of cyclic esters (lactones) is 4. The summed E-state index contributed by atoms with van der Waals surface area (Å²) in [6.45, 7) is 17.5. The number of nitrogens with zero attached hydrogens (tertiary/aromatic N) is 8. The standard InChI is InChI=1S/C62H88N8O16S2/c1-37(2)25-49-59(75)83-41(9)55(71)65(11)52(28-40(7)8)62(78)86-54(30-44-19-23-46(24-20-44)34-70-36-48(32-64-70)88(16,81)82)58(74)68(14)50(26-38(3)4)60(76)84-42(10)56(72)66(12)51(27-39(5)6)61(77)85-53(57(73)67(49)13)29-43-17-21-45(22-18-43)33-69-35-47(31-63-69)87(15,79)80/h17-24,31-32,35-42,49-54H,25-30,33-34H2,1-16H3/t41-,42-,49+,50+,51+,52+,53-,54-/m1/s1. The van der Waals surface area contributed by atoms with Crippen LogP contribution in [0.2, 0.25) is 0 Å². The van der Waals surface area contributed by atoms with Gasteiger partial charge in [0.05, 0.1) is 25.5 Å². The molecule has 24 nitrogen and oxygen atoms in total. The van der Waals surface area contributed by atoms with E-state index in [0.29, 0.717) is 22.3 Å². The van der Waals surface area contributed by atoms with E-state index < -0.39 is 116 Å². The van der Waals surface area contributed by atoms with E-state index in [1.165, 1.54) is 76.2 Å². The molecule has 1 aliphatic heterocycles. The molecule has 1 saturated heterocycles. The molecule has 0 unspecified atom stereocenters. The van der Waals surface area contributed by atoms with Gasteiger partial charge >= 0.3 is 23.9 Å². The van der Waals surface area contributed by atoms with Crippen LogP contribution in [0.25, 0.3) is 0 Å². The van der Waals surface area contributed by atoms with Gasteiger partial charge in [-0.25, -0.2) is 36.0 Å². The Hall–Kier alpha value is -7.48. The number of rotatable bonds is 18. The number of hydrogen-bond donors (Lipinski definition) is 0. The summed E-state index contributed by atoms with van der Waals surface area (Å²) in [5.74, 6) is -8.18. The zero-order valence-electron chi connectivity index (χ0n) is 53.4. The highest BCUT2D eigenvalue weighted by Gasteiger charge is 2.43. The van der Waals surface area contributed by atoms with Crippen molar-refractivity contribution >= 4 is 67.2 Å². The summed E-state index contributed by atoms with van der Waals surface area (Å²) >= 11 is 0. The van der Waals surface area contributed by atoms with Crippen molar-refractivity contribution in [1.29, 1.82) is 0 Å². The van der Waals surface area contributed by atoms with E-state index in [2.05, 4.69) is 10.2 Å². The zero-order valence-corrected chi connectivity index (χ0v) is 55.1. The Bertz CT molecular complexity index is 3110. The lowest BCUT2D eigenvalue weighted by molar-refractivity contribution is -0.176. The molecule has 0 bridgehead atoms. The van der Waals surface area contributed by atoms with E-state index >= 15 is 9.59 Å². The molecule has 0 spiro atoms. The number of esters is 4. The predicted octanol–water partition coefficient (Wildman–Crippen LogP) is 4.96. The third-order valence-corrected chi connectivity index (χ3v) is 17.3. The summed E-state index contributed by atoms with van der Waals surface area (Å²) < 4.78 is 75.5. The number of ether oxygens (including phenoxy) is 4. The molecule has 0 N–H and O–H groups in total. The lowest BCUT2D eigenvalue weighted by atomic mass is 9.99. The van der Waals surface area contributed by atoms with Gasteiger partial charge in [-0.05, 0) is 85.5 Å². The van der Waals surface area contributed by atoms with Gasteiger partial charge in [0.2, 0.25) is 0 Å². The number of benzene rings is 2. The minimum atomic E-state index is -3.51. The first-order chi connectivity index (χ1) is 40.9. The molecule has 2 aromatic carbocycles. The third-order valence-electron chi connectivity index (χ3n) is 15.1. The molecule has 26 heteroatoms. The molecular formula is C62H88N8O16S2. The highest BCUT2D eigenvalue weighted by Crippen LogP contribution is 2.25. The highest BCUT2D eigenvalue weighted by molar-refractivity contribution is 7.91. The molecule has 484 valence electrons. The first-order valence-electron chi connectivity index (χ1n) is 29.4. The predicted molar refractivity (Wildman–Crippen MR) is 324 cm³/mol. The smallest absolute Gasteiger partial charge is 0.329 e. The lowest BCUT2D eigenvalue weighted by Crippen LogP contribution is -2.55. The first kappa shape index (κ1) is 71.3. The Labute approximate surface area is 517 Å². The average Bonchev–Trinajstić information content (AvgIpc) is 2.93. The zero-order chi connectivity index (χ0) is 65.9. The summed E-state index contributed by atoms with van der Waals surface area (Å²) in [7, 11) is -1.64. The van der Waals surface area contributed by atoms with Gasteiger partial charge in [0.1, 0.15) is 34.0 Å². The quantitative estimate of drug-likeness (QED) is 0.0939. The van der Waals surface area contributed by atoms with E-state index in [-0.39, 0.29) is 85.1 Å². The normalized spacial score (nSPS) is 22.6. The largest absolute Gasteiger partial charge is 0.451 e. The highest BCUT2D eigenvalue weighted by atomic mass is 32.2. The average molecular weight is 1270 g/mol. The molecule has 2 aromatic heterocycles. The van der Waals surface area contributed by atoms with Crippen LogP contribution in [0, 0.1) is 23.7 Å². The Morgan fingerprint density at radius 3 is 0.909 bits per heavy atom. The summed E-state index contributed by atoms with van der Waals surface area (Å²) in [5, 5.41) is 8.32. The molecule has 0 saturated carbocycles. The number of carbonyl (C=O) groups is 8. The lowest BCUT2D eigenvalue weighted by Gasteiger charge is -2.35. The molecule has 88 heavy (non-hydrogen) atoms. The van der Waals surface area contributed by atoms with Crippen molar-refractivity contribution in [2.24, 2.45) is 23.7 Å². The van der Waals surface area contributed by atoms with Crippen molar-refractivity contribution in [1.82, 2.24) is 39.2 Å². The second kappa shape index (κ2) is 30.6. The Kier molecular flexibility index (Phi) is 24.8. The maximum Gasteiger partial charge on any atom is 0.329 e. The van der Waals surface area contributed by atoms with Crippen molar-refractivity contribution < 1.29 is 74.1 Å². The number of aromatic nitrogens is 4. The molecule has 0 radical (unpaired) electrons. The van der Waals surface area contributed by atoms with Crippen LogP contribution in [0.4, 0.5) is 0 Å². The fourth-order valence-electron chi connectivity index (χ4n) is 10.1. The van der Waals surface area contributed by atoms with E-state index in [1.807, 2.05) is 55.4 Å². The number of hydrogen-bond acceptors (Lipinski definition) is 18. The van der Waals surface area contributed by atoms with E-state index in [4.69, 9.17) is 18.9 Å². The molecule has 4 amide bonds. The van der Waals surface area contributed by atoms with Gasteiger partial charge < -0.3 is 38.5 Å². The molecule has 8 atom stereocenters. The molecule has 3 heterocycles. The van der Waals surface area contributed by atoms with E-state index in [9.17, 15) is 45.6 Å². The Morgan fingerprint density at radius 2 is 0.659 bits per heavy atom. The molecule has 1 fully saturated rings. The molecule has 5 rings (SSSR count). The van der Waals surface area contributed by atoms with Crippen molar-refractivity contribution in [3.63, 3.8) is 0 Å². The van der Waals surface area contributed by atoms with Gasteiger partial charge in [0.25, 0.3) is 23.6 Å². The van der Waals surface area contributed by atoms with Crippen LogP contribution in [0.15, 0.2) is 83.1 Å². The van der Waals surface area contributed by atoms with Crippen molar-refractivity contribution in [2.75, 3.05) is 40.7 Å². The monoisotopic (exact) mass is 1260 g/mol. The second-order valence-corrected chi connectivity index (χ2v) is 28.8. The molecule has 1 aliphatic rings. The van der Waals surface area contributed by atoms with Gasteiger partial charge in [-0.3, -0.25) is 28.5 Å². The Morgan fingerprint density at radius 1 is 0.409 bits per heavy atom. The number of sulfone groups is 2. The SMILES string of the molecule is CC(C)C[C@H]1C(=O)O[C@H](Cc2ccc(Cn3cc(S(C)(=O)=O)cn3)cc2)C(=O)N(C)[C@@H](CC(C)C)C(=O)O[C@H](C)C(=O)N(C)[C@@H](CC(C)C)C(=O)O[C@H](Cc2ccc(Cn3cc(S(C)(=O)=O)cn3)cc2)C(=O)N(C)[C@@H](CC(C)C)C(=O)O[C@H](C)C(=O)N1C. The van der Waals surface area contributed by atoms with Crippen molar-refractivity contribution in [2.45, 2.75) is 179 Å².